The minimum atomic E-state index is -3.72. The number of benzene rings is 1. The smallest absolute Gasteiger partial charge is 0.298 e. The van der Waals surface area contributed by atoms with Crippen LogP contribution in [-0.4, -0.2) is 21.3 Å². The third-order valence-electron chi connectivity index (χ3n) is 2.06. The minimum absolute atomic E-state index is 0.0589. The van der Waals surface area contributed by atoms with Crippen molar-refractivity contribution >= 4 is 85.7 Å². The first kappa shape index (κ1) is 15.4. The highest BCUT2D eigenvalue weighted by atomic mass is 80.0. The van der Waals surface area contributed by atoms with Crippen molar-refractivity contribution in [3.63, 3.8) is 0 Å². The maximum absolute atomic E-state index is 12.2. The zero-order chi connectivity index (χ0) is 14.3. The number of sulfone groups is 1. The molecule has 2 rings (SSSR count). The molecule has 2 aromatic rings. The maximum atomic E-state index is 12.2. The van der Waals surface area contributed by atoms with Crippen LogP contribution < -0.4 is 4.74 Å². The van der Waals surface area contributed by atoms with Gasteiger partial charge in [-0.05, 0) is 59.9 Å². The second kappa shape index (κ2) is 5.40. The molecule has 0 saturated heterocycles. The molecule has 1 aromatic heterocycles. The van der Waals surface area contributed by atoms with Gasteiger partial charge in [-0.15, -0.1) is 11.3 Å². The van der Waals surface area contributed by atoms with E-state index in [4.69, 9.17) is 0 Å². The molecule has 5 nitrogen and oxygen atoms in total. The molecule has 102 valence electrons. The number of aromatic nitrogens is 1. The van der Waals surface area contributed by atoms with Gasteiger partial charge in [0.15, 0.2) is 0 Å². The summed E-state index contributed by atoms with van der Waals surface area (Å²) in [6, 6.07) is 4.70. The van der Waals surface area contributed by atoms with Gasteiger partial charge in [-0.2, -0.15) is 0 Å². The lowest BCUT2D eigenvalue weighted by Gasteiger charge is -2.09. The van der Waals surface area contributed by atoms with E-state index in [0.717, 1.165) is 11.3 Å². The summed E-state index contributed by atoms with van der Waals surface area (Å²) in [6.45, 7) is 0.297. The molecule has 0 atom stereocenters. The lowest BCUT2D eigenvalue weighted by atomic mass is 10.3. The predicted molar refractivity (Wildman–Crippen MR) is 83.0 cm³/mol. The van der Waals surface area contributed by atoms with Gasteiger partial charge in [0.05, 0.1) is 10.2 Å². The van der Waals surface area contributed by atoms with E-state index in [1.54, 1.807) is 12.1 Å². The topological polar surface area (TPSA) is 73.3 Å². The Hall–Kier alpha value is -0.0300. The highest BCUT2D eigenvalue weighted by Gasteiger charge is 2.39. The van der Waals surface area contributed by atoms with Crippen molar-refractivity contribution in [3.05, 3.63) is 18.2 Å². The molecule has 0 bridgehead atoms. The van der Waals surface area contributed by atoms with E-state index in [9.17, 15) is 13.2 Å². The lowest BCUT2D eigenvalue weighted by Crippen LogP contribution is -2.17. The maximum Gasteiger partial charge on any atom is 0.298 e. The highest BCUT2D eigenvalue weighted by molar-refractivity contribution is 9.42. The lowest BCUT2D eigenvalue weighted by molar-refractivity contribution is -0.120. The van der Waals surface area contributed by atoms with E-state index >= 15 is 0 Å². The van der Waals surface area contributed by atoms with Crippen molar-refractivity contribution in [2.75, 3.05) is 0 Å². The molecule has 10 heteroatoms. The number of alkyl halides is 3. The molecule has 0 spiro atoms. The number of halogens is 3. The normalized spacial score (nSPS) is 12.6. The van der Waals surface area contributed by atoms with Crippen LogP contribution in [0.2, 0.25) is 0 Å². The number of carbonyl (C=O) groups excluding carboxylic acids is 1. The van der Waals surface area contributed by atoms with Crippen molar-refractivity contribution in [2.45, 2.75) is 5.81 Å². The molecule has 19 heavy (non-hydrogen) atoms. The minimum Gasteiger partial charge on any atom is -0.429 e. The average molecular weight is 494 g/mol. The summed E-state index contributed by atoms with van der Waals surface area (Å²) in [7, 11) is -3.72. The molecule has 0 amide bonds. The van der Waals surface area contributed by atoms with Crippen molar-refractivity contribution in [3.8, 4) is 5.75 Å². The molecule has 0 saturated carbocycles. The van der Waals surface area contributed by atoms with Gasteiger partial charge in [0.25, 0.3) is 6.47 Å². The van der Waals surface area contributed by atoms with Crippen LogP contribution in [0.15, 0.2) is 22.5 Å². The Morgan fingerprint density at radius 2 is 2.00 bits per heavy atom. The van der Waals surface area contributed by atoms with Gasteiger partial charge in [-0.3, -0.25) is 4.79 Å². The fraction of sp³-hybridized carbons (Fsp3) is 0.111. The Kier molecular flexibility index (Phi) is 4.36. The Morgan fingerprint density at radius 3 is 2.58 bits per heavy atom. The molecule has 0 aliphatic carbocycles. The second-order valence-electron chi connectivity index (χ2n) is 3.27. The molecular weight excluding hydrogens is 490 g/mol. The molecule has 0 aliphatic heterocycles. The number of nitrogens with zero attached hydrogens (tertiary/aromatic N) is 1. The quantitative estimate of drug-likeness (QED) is 0.484. The standard InChI is InChI=1S/C9H4Br3NO4S2/c10-9(11,12)19(15,16)8-13-6-3-5(17-4-14)1-2-7(6)18-8/h1-4H. The van der Waals surface area contributed by atoms with Crippen molar-refractivity contribution in [2.24, 2.45) is 0 Å². The van der Waals surface area contributed by atoms with Gasteiger partial charge in [0.2, 0.25) is 15.7 Å². The monoisotopic (exact) mass is 491 g/mol. The molecule has 0 fully saturated rings. The number of hydrogen-bond donors (Lipinski definition) is 0. The number of fused-ring (bicyclic) bond motifs is 1. The third kappa shape index (κ3) is 3.02. The van der Waals surface area contributed by atoms with E-state index in [2.05, 4.69) is 57.5 Å². The molecule has 0 radical (unpaired) electrons. The average Bonchev–Trinajstić information content (AvgIpc) is 2.71. The van der Waals surface area contributed by atoms with Gasteiger partial charge in [-0.1, -0.05) is 0 Å². The van der Waals surface area contributed by atoms with E-state index in [1.165, 1.54) is 6.07 Å². The number of carbonyl (C=O) groups is 1. The van der Waals surface area contributed by atoms with Crippen LogP contribution in [0, 0.1) is 0 Å². The summed E-state index contributed by atoms with van der Waals surface area (Å²) in [5.74, 6) is 0.305. The zero-order valence-corrected chi connectivity index (χ0v) is 15.2. The SMILES string of the molecule is O=COc1ccc2sc(S(=O)(=O)C(Br)(Br)Br)nc2c1. The third-order valence-corrected chi connectivity index (χ3v) is 8.79. The summed E-state index contributed by atoms with van der Waals surface area (Å²) in [6.07, 6.45) is 0. The molecule has 0 N–H and O–H groups in total. The number of rotatable bonds is 3. The molecule has 1 aromatic carbocycles. The zero-order valence-electron chi connectivity index (χ0n) is 8.84. The fourth-order valence-corrected chi connectivity index (χ4v) is 5.75. The van der Waals surface area contributed by atoms with Crippen molar-refractivity contribution < 1.29 is 17.9 Å². The first-order valence-corrected chi connectivity index (χ1v) is 9.26. The van der Waals surface area contributed by atoms with Gasteiger partial charge < -0.3 is 4.74 Å². The predicted octanol–water partition coefficient (Wildman–Crippen LogP) is 3.40. The van der Waals surface area contributed by atoms with Crippen LogP contribution >= 0.6 is 59.1 Å². The second-order valence-corrected chi connectivity index (χ2v) is 14.9. The molecular formula is C9H4Br3NO4S2. The van der Waals surface area contributed by atoms with Crippen LogP contribution in [0.1, 0.15) is 0 Å². The Morgan fingerprint density at radius 1 is 1.32 bits per heavy atom. The van der Waals surface area contributed by atoms with Gasteiger partial charge in [0.1, 0.15) is 5.75 Å². The van der Waals surface area contributed by atoms with Crippen molar-refractivity contribution in [1.29, 1.82) is 0 Å². The van der Waals surface area contributed by atoms with Crippen LogP contribution in [0.5, 0.6) is 5.75 Å². The van der Waals surface area contributed by atoms with Gasteiger partial charge in [-0.25, -0.2) is 13.4 Å². The molecule has 0 unspecified atom stereocenters. The summed E-state index contributed by atoms with van der Waals surface area (Å²) < 4.78 is 28.1. The fourth-order valence-electron chi connectivity index (χ4n) is 1.23. The number of thiazole rings is 1. The molecule has 0 aliphatic rings. The first-order chi connectivity index (χ1) is 8.75. The Labute approximate surface area is 137 Å². The largest absolute Gasteiger partial charge is 0.429 e. The van der Waals surface area contributed by atoms with E-state index in [0.29, 0.717) is 22.4 Å². The summed E-state index contributed by atoms with van der Waals surface area (Å²) in [5, 5.41) is 0. The Balaban J connectivity index is 2.57. The van der Waals surface area contributed by atoms with E-state index < -0.39 is 11.3 Å². The van der Waals surface area contributed by atoms with Crippen LogP contribution in [-0.2, 0) is 14.6 Å². The van der Waals surface area contributed by atoms with Crippen molar-refractivity contribution in [1.82, 2.24) is 4.98 Å². The van der Waals surface area contributed by atoms with E-state index in [1.807, 2.05) is 0 Å². The number of ether oxygens (including phenoxy) is 1. The van der Waals surface area contributed by atoms with Crippen LogP contribution in [0.3, 0.4) is 0 Å². The Bertz CT molecular complexity index is 735. The van der Waals surface area contributed by atoms with E-state index in [-0.39, 0.29) is 4.34 Å². The number of hydrogen-bond acceptors (Lipinski definition) is 6. The summed E-state index contributed by atoms with van der Waals surface area (Å²) >= 11 is 9.95. The van der Waals surface area contributed by atoms with Gasteiger partial charge >= 0.3 is 0 Å². The van der Waals surface area contributed by atoms with Crippen LogP contribution in [0.4, 0.5) is 0 Å². The van der Waals surface area contributed by atoms with Crippen LogP contribution in [0.25, 0.3) is 10.2 Å². The van der Waals surface area contributed by atoms with Gasteiger partial charge in [0, 0.05) is 6.07 Å². The highest BCUT2D eigenvalue weighted by Crippen LogP contribution is 2.44. The molecule has 1 heterocycles. The first-order valence-electron chi connectivity index (χ1n) is 4.58. The summed E-state index contributed by atoms with van der Waals surface area (Å²) in [4.78, 5) is 14.3. The summed E-state index contributed by atoms with van der Waals surface area (Å²) in [5.41, 5.74) is 0.444.